The predicted molar refractivity (Wildman–Crippen MR) is 26.5 cm³/mol. The van der Waals surface area contributed by atoms with Gasteiger partial charge < -0.3 is 10.8 Å². The minimum Gasteiger partial charge on any atom is -0.465 e. The topological polar surface area (TPSA) is 102 Å². The van der Waals surface area contributed by atoms with E-state index in [-0.39, 0.29) is 0 Å². The molecule has 3 N–H and O–H groups in total. The van der Waals surface area contributed by atoms with E-state index in [1.54, 1.807) is 0 Å². The van der Waals surface area contributed by atoms with E-state index in [1.165, 1.54) is 12.4 Å². The Bertz CT molecular complexity index is 128. The molecule has 0 aliphatic heterocycles. The molecule has 0 aromatic carbocycles. The number of rotatable bonds is 0. The molecule has 0 fully saturated rings. The van der Waals surface area contributed by atoms with E-state index in [0.717, 1.165) is 0 Å². The summed E-state index contributed by atoms with van der Waals surface area (Å²) >= 11 is 0. The lowest BCUT2D eigenvalue weighted by atomic mass is 11.0. The Morgan fingerprint density at radius 1 is 1.56 bits per heavy atom. The van der Waals surface area contributed by atoms with Crippen molar-refractivity contribution in [2.45, 2.75) is 0 Å². The molecule has 0 unspecified atom stereocenters. The van der Waals surface area contributed by atoms with E-state index < -0.39 is 6.09 Å². The molecule has 1 amide bonds. The van der Waals surface area contributed by atoms with Crippen molar-refractivity contribution in [1.29, 1.82) is 0 Å². The highest BCUT2D eigenvalue weighted by Gasteiger charge is 1.65. The third-order valence-corrected chi connectivity index (χ3v) is 0.283. The maximum Gasteiger partial charge on any atom is 0.402 e. The van der Waals surface area contributed by atoms with E-state index in [2.05, 4.69) is 20.7 Å². The van der Waals surface area contributed by atoms with Crippen molar-refractivity contribution >= 4 is 6.09 Å². The summed E-state index contributed by atoms with van der Waals surface area (Å²) in [5.74, 6) is 0. The van der Waals surface area contributed by atoms with Crippen molar-refractivity contribution in [2.24, 2.45) is 5.73 Å². The van der Waals surface area contributed by atoms with Crippen LogP contribution in [-0.2, 0) is 0 Å². The van der Waals surface area contributed by atoms with Crippen LogP contribution in [0.25, 0.3) is 0 Å². The summed E-state index contributed by atoms with van der Waals surface area (Å²) in [6, 6.07) is 0. The van der Waals surface area contributed by atoms with Crippen LogP contribution in [-0.4, -0.2) is 21.5 Å². The second kappa shape index (κ2) is 4.57. The second-order valence-electron chi connectivity index (χ2n) is 0.929. The van der Waals surface area contributed by atoms with Crippen molar-refractivity contribution < 1.29 is 14.5 Å². The molecule has 50 valence electrons. The van der Waals surface area contributed by atoms with E-state index >= 15 is 0 Å². The van der Waals surface area contributed by atoms with Gasteiger partial charge in [0.2, 0.25) is 0 Å². The van der Waals surface area contributed by atoms with Crippen molar-refractivity contribution in [3.63, 3.8) is 0 Å². The molecule has 1 rings (SSSR count). The third-order valence-electron chi connectivity index (χ3n) is 0.283. The lowest BCUT2D eigenvalue weighted by Crippen LogP contribution is -2.03. The first-order valence-corrected chi connectivity index (χ1v) is 1.93. The molecule has 1 aromatic heterocycles. The summed E-state index contributed by atoms with van der Waals surface area (Å²) in [6.45, 7) is 0. The Labute approximate surface area is 50.2 Å². The summed E-state index contributed by atoms with van der Waals surface area (Å²) in [5, 5.41) is 13.7. The Hall–Kier alpha value is -1.59. The van der Waals surface area contributed by atoms with Crippen molar-refractivity contribution in [3.05, 3.63) is 12.4 Å². The Kier molecular flexibility index (Phi) is 3.76. The average Bonchev–Trinajstić information content (AvgIpc) is 2.11. The van der Waals surface area contributed by atoms with Gasteiger partial charge in [-0.25, -0.2) is 9.42 Å². The molecule has 0 spiro atoms. The van der Waals surface area contributed by atoms with Crippen molar-refractivity contribution in [2.75, 3.05) is 0 Å². The Morgan fingerprint density at radius 2 is 1.89 bits per heavy atom. The minimum absolute atomic E-state index is 1.33. The molecule has 6 heteroatoms. The van der Waals surface area contributed by atoms with Gasteiger partial charge in [-0.15, -0.1) is 0 Å². The molecule has 6 nitrogen and oxygen atoms in total. The van der Waals surface area contributed by atoms with Gasteiger partial charge in [-0.05, 0) is 0 Å². The molecule has 9 heavy (non-hydrogen) atoms. The normalized spacial score (nSPS) is 7.11. The number of nitrogens with zero attached hydrogens (tertiary/aromatic N) is 2. The predicted octanol–water partition coefficient (Wildman–Crippen LogP) is -0.307. The van der Waals surface area contributed by atoms with Crippen LogP contribution in [0.2, 0.25) is 0 Å². The number of nitrogens with two attached hydrogens (primary N) is 1. The van der Waals surface area contributed by atoms with Crippen LogP contribution in [0.5, 0.6) is 0 Å². The van der Waals surface area contributed by atoms with Gasteiger partial charge in [0, 0.05) is 0 Å². The largest absolute Gasteiger partial charge is 0.465 e. The summed E-state index contributed by atoms with van der Waals surface area (Å²) in [4.78, 5) is 8.78. The fraction of sp³-hybridized carbons (Fsp3) is 0. The van der Waals surface area contributed by atoms with Gasteiger partial charge in [-0.1, -0.05) is 10.3 Å². The SMILES string of the molecule is NC(=O)O.c1cnon1. The Balaban J connectivity index is 0.000000148. The van der Waals surface area contributed by atoms with Gasteiger partial charge in [0.25, 0.3) is 0 Å². The highest BCUT2D eigenvalue weighted by atomic mass is 16.6. The van der Waals surface area contributed by atoms with E-state index in [1.807, 2.05) is 0 Å². The number of carboxylic acid groups (broad SMARTS) is 1. The van der Waals surface area contributed by atoms with Gasteiger partial charge in [-0.2, -0.15) is 0 Å². The van der Waals surface area contributed by atoms with Crippen molar-refractivity contribution in [1.82, 2.24) is 10.3 Å². The van der Waals surface area contributed by atoms with Crippen LogP contribution in [0.1, 0.15) is 0 Å². The maximum absolute atomic E-state index is 8.78. The fourth-order valence-electron chi connectivity index (χ4n) is 0.136. The summed E-state index contributed by atoms with van der Waals surface area (Å²) in [6.07, 6.45) is 1.61. The van der Waals surface area contributed by atoms with Crippen LogP contribution >= 0.6 is 0 Å². The zero-order chi connectivity index (χ0) is 7.11. The molecule has 0 aliphatic carbocycles. The van der Waals surface area contributed by atoms with Gasteiger partial charge in [0.1, 0.15) is 0 Å². The van der Waals surface area contributed by atoms with Gasteiger partial charge in [-0.3, -0.25) is 0 Å². The molecule has 0 atom stereocenters. The number of primary amides is 1. The summed E-state index contributed by atoms with van der Waals surface area (Å²) < 4.78 is 4.08. The number of hydrogen-bond donors (Lipinski definition) is 2. The molecular formula is C3H5N3O3. The molecule has 1 heterocycles. The monoisotopic (exact) mass is 131 g/mol. The van der Waals surface area contributed by atoms with Crippen LogP contribution in [0.15, 0.2) is 17.0 Å². The number of carbonyl (C=O) groups is 1. The van der Waals surface area contributed by atoms with Gasteiger partial charge in [0.05, 0.1) is 12.4 Å². The molecule has 0 saturated carbocycles. The van der Waals surface area contributed by atoms with Crippen LogP contribution < -0.4 is 5.73 Å². The first-order valence-electron chi connectivity index (χ1n) is 1.93. The van der Waals surface area contributed by atoms with E-state index in [4.69, 9.17) is 9.90 Å². The van der Waals surface area contributed by atoms with Crippen LogP contribution in [0, 0.1) is 0 Å². The Morgan fingerprint density at radius 3 is 2.00 bits per heavy atom. The third kappa shape index (κ3) is 10.7. The number of hydrogen-bond acceptors (Lipinski definition) is 4. The fourth-order valence-corrected chi connectivity index (χ4v) is 0.136. The average molecular weight is 131 g/mol. The lowest BCUT2D eigenvalue weighted by Gasteiger charge is -1.61. The van der Waals surface area contributed by atoms with E-state index in [0.29, 0.717) is 0 Å². The minimum atomic E-state index is -1.33. The molecular weight excluding hydrogens is 126 g/mol. The van der Waals surface area contributed by atoms with Crippen molar-refractivity contribution in [3.8, 4) is 0 Å². The molecule has 0 bridgehead atoms. The zero-order valence-electron chi connectivity index (χ0n) is 4.39. The highest BCUT2D eigenvalue weighted by Crippen LogP contribution is 1.62. The quantitative estimate of drug-likeness (QED) is 0.502. The zero-order valence-corrected chi connectivity index (χ0v) is 4.39. The molecule has 0 saturated heterocycles. The maximum atomic E-state index is 8.78. The van der Waals surface area contributed by atoms with Gasteiger partial charge >= 0.3 is 6.09 Å². The first kappa shape index (κ1) is 7.41. The van der Waals surface area contributed by atoms with Crippen LogP contribution in [0.4, 0.5) is 4.79 Å². The smallest absolute Gasteiger partial charge is 0.402 e. The van der Waals surface area contributed by atoms with Crippen LogP contribution in [0.3, 0.4) is 0 Å². The molecule has 0 radical (unpaired) electrons. The molecule has 1 aromatic rings. The highest BCUT2D eigenvalue weighted by molar-refractivity contribution is 5.61. The summed E-state index contributed by atoms with van der Waals surface area (Å²) in [7, 11) is 0. The number of aromatic nitrogens is 2. The number of amides is 1. The first-order chi connectivity index (χ1) is 4.23. The standard InChI is InChI=1S/C2H2N2O.CH3NO2/c1-2-4-5-3-1;2-1(3)4/h1-2H;2H2,(H,3,4). The van der Waals surface area contributed by atoms with Gasteiger partial charge in [0.15, 0.2) is 0 Å². The lowest BCUT2D eigenvalue weighted by molar-refractivity contribution is 0.205. The van der Waals surface area contributed by atoms with E-state index in [9.17, 15) is 0 Å². The molecule has 0 aliphatic rings. The summed E-state index contributed by atoms with van der Waals surface area (Å²) in [5.41, 5.74) is 4.03. The second-order valence-corrected chi connectivity index (χ2v) is 0.929.